The van der Waals surface area contributed by atoms with Crippen molar-refractivity contribution in [3.05, 3.63) is 60.2 Å². The first-order valence-corrected chi connectivity index (χ1v) is 12.1. The molecule has 2 aromatic rings. The van der Waals surface area contributed by atoms with E-state index in [2.05, 4.69) is 0 Å². The predicted molar refractivity (Wildman–Crippen MR) is 115 cm³/mol. The largest absolute Gasteiger partial charge is 0.493 e. The van der Waals surface area contributed by atoms with Crippen molar-refractivity contribution in [1.82, 2.24) is 9.21 Å². The molecule has 2 aliphatic rings. The van der Waals surface area contributed by atoms with E-state index in [-0.39, 0.29) is 16.7 Å². The molecule has 0 aromatic heterocycles. The van der Waals surface area contributed by atoms with Gasteiger partial charge in [-0.25, -0.2) is 8.42 Å². The van der Waals surface area contributed by atoms with Crippen LogP contribution in [0.4, 0.5) is 0 Å². The van der Waals surface area contributed by atoms with Crippen LogP contribution in [-0.2, 0) is 10.0 Å². The lowest BCUT2D eigenvalue weighted by atomic mass is 9.98. The standard InChI is InChI=1S/C23H28N2O4S/c26-23(20-9-6-12-22(16-20)30(27,28)25-14-4-5-15-25)24-13-7-8-19(17-24)18-29-21-10-2-1-3-11-21/h1-3,6,9-12,16,19H,4-5,7-8,13-15,17-18H2. The number of sulfonamides is 1. The molecule has 2 heterocycles. The zero-order valence-electron chi connectivity index (χ0n) is 17.1. The quantitative estimate of drug-likeness (QED) is 0.707. The fourth-order valence-electron chi connectivity index (χ4n) is 4.17. The normalized spacial score (nSPS) is 20.3. The van der Waals surface area contributed by atoms with Gasteiger partial charge >= 0.3 is 0 Å². The average molecular weight is 429 g/mol. The number of piperidine rings is 1. The van der Waals surface area contributed by atoms with Crippen molar-refractivity contribution >= 4 is 15.9 Å². The molecule has 4 rings (SSSR count). The maximum Gasteiger partial charge on any atom is 0.253 e. The lowest BCUT2D eigenvalue weighted by Crippen LogP contribution is -2.41. The highest BCUT2D eigenvalue weighted by Crippen LogP contribution is 2.24. The molecule has 1 unspecified atom stereocenters. The number of hydrogen-bond donors (Lipinski definition) is 0. The number of carbonyl (C=O) groups excluding carboxylic acids is 1. The molecule has 2 aliphatic heterocycles. The molecule has 2 aromatic carbocycles. The first kappa shape index (κ1) is 20.9. The molecule has 0 radical (unpaired) electrons. The fraction of sp³-hybridized carbons (Fsp3) is 0.435. The molecule has 1 atom stereocenters. The molecule has 30 heavy (non-hydrogen) atoms. The van der Waals surface area contributed by atoms with Gasteiger partial charge < -0.3 is 9.64 Å². The van der Waals surface area contributed by atoms with Crippen LogP contribution in [0.5, 0.6) is 5.75 Å². The van der Waals surface area contributed by atoms with Gasteiger partial charge in [0.2, 0.25) is 10.0 Å². The Morgan fingerprint density at radius 2 is 1.73 bits per heavy atom. The minimum Gasteiger partial charge on any atom is -0.493 e. The molecule has 0 bridgehead atoms. The molecule has 0 spiro atoms. The molecule has 0 saturated carbocycles. The van der Waals surface area contributed by atoms with E-state index >= 15 is 0 Å². The number of para-hydroxylation sites is 1. The Labute approximate surface area is 178 Å². The Morgan fingerprint density at radius 3 is 2.50 bits per heavy atom. The van der Waals surface area contributed by atoms with Gasteiger partial charge in [0, 0.05) is 37.7 Å². The smallest absolute Gasteiger partial charge is 0.253 e. The monoisotopic (exact) mass is 428 g/mol. The van der Waals surface area contributed by atoms with E-state index in [4.69, 9.17) is 4.74 Å². The summed E-state index contributed by atoms with van der Waals surface area (Å²) in [4.78, 5) is 15.1. The summed E-state index contributed by atoms with van der Waals surface area (Å²) in [6.07, 6.45) is 3.70. The second-order valence-corrected chi connectivity index (χ2v) is 9.96. The van der Waals surface area contributed by atoms with E-state index in [1.165, 1.54) is 10.4 Å². The molecule has 160 valence electrons. The number of amides is 1. The van der Waals surface area contributed by atoms with Gasteiger partial charge in [0.1, 0.15) is 5.75 Å². The lowest BCUT2D eigenvalue weighted by Gasteiger charge is -2.32. The molecule has 6 nitrogen and oxygen atoms in total. The summed E-state index contributed by atoms with van der Waals surface area (Å²) in [5.74, 6) is 0.984. The molecule has 0 N–H and O–H groups in total. The van der Waals surface area contributed by atoms with Crippen LogP contribution in [0.1, 0.15) is 36.0 Å². The summed E-state index contributed by atoms with van der Waals surface area (Å²) in [5.41, 5.74) is 0.430. The van der Waals surface area contributed by atoms with Crippen molar-refractivity contribution in [3.8, 4) is 5.75 Å². The van der Waals surface area contributed by atoms with Crippen LogP contribution in [-0.4, -0.2) is 56.3 Å². The number of carbonyl (C=O) groups is 1. The Kier molecular flexibility index (Phi) is 6.39. The number of likely N-dealkylation sites (tertiary alicyclic amines) is 1. The third-order valence-corrected chi connectivity index (χ3v) is 7.71. The number of benzene rings is 2. The molecule has 7 heteroatoms. The van der Waals surface area contributed by atoms with Gasteiger partial charge in [-0.1, -0.05) is 24.3 Å². The molecule has 1 amide bonds. The van der Waals surface area contributed by atoms with Crippen molar-refractivity contribution in [1.29, 1.82) is 0 Å². The van der Waals surface area contributed by atoms with Crippen LogP contribution in [0.3, 0.4) is 0 Å². The lowest BCUT2D eigenvalue weighted by molar-refractivity contribution is 0.0633. The van der Waals surface area contributed by atoms with E-state index in [0.29, 0.717) is 38.3 Å². The van der Waals surface area contributed by atoms with Crippen molar-refractivity contribution in [3.63, 3.8) is 0 Å². The van der Waals surface area contributed by atoms with Crippen molar-refractivity contribution in [2.45, 2.75) is 30.6 Å². The summed E-state index contributed by atoms with van der Waals surface area (Å²) < 4.78 is 33.1. The van der Waals surface area contributed by atoms with Gasteiger partial charge in [0.25, 0.3) is 5.91 Å². The van der Waals surface area contributed by atoms with Gasteiger partial charge in [-0.15, -0.1) is 0 Å². The van der Waals surface area contributed by atoms with Crippen LogP contribution in [0.25, 0.3) is 0 Å². The summed E-state index contributed by atoms with van der Waals surface area (Å²) in [6, 6.07) is 16.2. The van der Waals surface area contributed by atoms with E-state index in [1.807, 2.05) is 35.2 Å². The van der Waals surface area contributed by atoms with Gasteiger partial charge in [-0.05, 0) is 56.0 Å². The fourth-order valence-corrected chi connectivity index (χ4v) is 5.73. The van der Waals surface area contributed by atoms with E-state index in [9.17, 15) is 13.2 Å². The number of rotatable bonds is 6. The van der Waals surface area contributed by atoms with Crippen molar-refractivity contribution < 1.29 is 17.9 Å². The number of nitrogens with zero attached hydrogens (tertiary/aromatic N) is 2. The average Bonchev–Trinajstić information content (AvgIpc) is 3.34. The van der Waals surface area contributed by atoms with Crippen LogP contribution < -0.4 is 4.74 Å². The third kappa shape index (κ3) is 4.68. The predicted octanol–water partition coefficient (Wildman–Crippen LogP) is 3.40. The highest BCUT2D eigenvalue weighted by Gasteiger charge is 2.29. The minimum absolute atomic E-state index is 0.113. The van der Waals surface area contributed by atoms with Gasteiger partial charge in [0.05, 0.1) is 11.5 Å². The number of hydrogen-bond acceptors (Lipinski definition) is 4. The maximum absolute atomic E-state index is 13.1. The zero-order valence-corrected chi connectivity index (χ0v) is 17.9. The summed E-state index contributed by atoms with van der Waals surface area (Å²) in [7, 11) is -3.53. The third-order valence-electron chi connectivity index (χ3n) is 5.82. The minimum atomic E-state index is -3.53. The number of ether oxygens (including phenoxy) is 1. The highest BCUT2D eigenvalue weighted by atomic mass is 32.2. The molecule has 2 fully saturated rings. The molecule has 2 saturated heterocycles. The molecular formula is C23H28N2O4S. The van der Waals surface area contributed by atoms with E-state index in [0.717, 1.165) is 31.4 Å². The first-order chi connectivity index (χ1) is 14.5. The second-order valence-electron chi connectivity index (χ2n) is 8.02. The van der Waals surface area contributed by atoms with Crippen LogP contribution >= 0.6 is 0 Å². The van der Waals surface area contributed by atoms with Crippen LogP contribution in [0.15, 0.2) is 59.5 Å². The summed E-state index contributed by atoms with van der Waals surface area (Å²) in [5, 5.41) is 0. The SMILES string of the molecule is O=C(c1cccc(S(=O)(=O)N2CCCC2)c1)N1CCCC(COc2ccccc2)C1. The maximum atomic E-state index is 13.1. The van der Waals surface area contributed by atoms with Gasteiger partial charge in [-0.2, -0.15) is 4.31 Å². The summed E-state index contributed by atoms with van der Waals surface area (Å²) >= 11 is 0. The highest BCUT2D eigenvalue weighted by molar-refractivity contribution is 7.89. The topological polar surface area (TPSA) is 66.9 Å². The molecule has 0 aliphatic carbocycles. The Bertz CT molecular complexity index is 972. The van der Waals surface area contributed by atoms with Crippen molar-refractivity contribution in [2.75, 3.05) is 32.8 Å². The van der Waals surface area contributed by atoms with Crippen LogP contribution in [0, 0.1) is 5.92 Å². The molecular weight excluding hydrogens is 400 g/mol. The second kappa shape index (κ2) is 9.18. The Balaban J connectivity index is 1.42. The summed E-state index contributed by atoms with van der Waals surface area (Å²) in [6.45, 7) is 2.97. The zero-order chi connectivity index (χ0) is 21.0. The Hall–Kier alpha value is -2.38. The van der Waals surface area contributed by atoms with Crippen molar-refractivity contribution in [2.24, 2.45) is 5.92 Å². The van der Waals surface area contributed by atoms with E-state index < -0.39 is 10.0 Å². The first-order valence-electron chi connectivity index (χ1n) is 10.6. The van der Waals surface area contributed by atoms with Crippen LogP contribution in [0.2, 0.25) is 0 Å². The van der Waals surface area contributed by atoms with Gasteiger partial charge in [0.15, 0.2) is 0 Å². The van der Waals surface area contributed by atoms with Gasteiger partial charge in [-0.3, -0.25) is 4.79 Å². The van der Waals surface area contributed by atoms with E-state index in [1.54, 1.807) is 18.2 Å². The Morgan fingerprint density at radius 1 is 0.967 bits per heavy atom.